The number of sulfone groups is 1. The summed E-state index contributed by atoms with van der Waals surface area (Å²) in [7, 11) is -7.00. The topological polar surface area (TPSA) is 110 Å². The zero-order chi connectivity index (χ0) is 13.2. The molecule has 0 aromatic carbocycles. The first-order valence-electron chi connectivity index (χ1n) is 5.07. The van der Waals surface area contributed by atoms with Gasteiger partial charge in [-0.25, -0.2) is 21.6 Å². The molecule has 0 bridgehead atoms. The Morgan fingerprint density at radius 3 is 2.41 bits per heavy atom. The van der Waals surface area contributed by atoms with Gasteiger partial charge in [0, 0.05) is 25.8 Å². The van der Waals surface area contributed by atoms with E-state index in [4.69, 9.17) is 4.74 Å². The molecule has 0 saturated carbocycles. The molecule has 102 valence electrons. The second-order valence-electron chi connectivity index (χ2n) is 4.30. The van der Waals surface area contributed by atoms with Crippen LogP contribution in [0.25, 0.3) is 0 Å². The number of nitrogens with one attached hydrogen (secondary N) is 1. The molecular weight excluding hydrogens is 270 g/mol. The van der Waals surface area contributed by atoms with E-state index in [1.165, 1.54) is 0 Å². The number of aliphatic hydroxyl groups is 1. The van der Waals surface area contributed by atoms with Crippen LogP contribution in [0.5, 0.6) is 0 Å². The third-order valence-corrected chi connectivity index (χ3v) is 4.96. The maximum Gasteiger partial charge on any atom is 0.212 e. The molecule has 0 aliphatic carbocycles. The van der Waals surface area contributed by atoms with Crippen molar-refractivity contribution < 1.29 is 26.7 Å². The molecule has 0 radical (unpaired) electrons. The van der Waals surface area contributed by atoms with Crippen molar-refractivity contribution in [2.45, 2.75) is 12.0 Å². The lowest BCUT2D eigenvalue weighted by atomic mass is 10.1. The van der Waals surface area contributed by atoms with Gasteiger partial charge in [0.05, 0.1) is 18.1 Å². The predicted octanol–water partition coefficient (Wildman–Crippen LogP) is -1.90. The van der Waals surface area contributed by atoms with Gasteiger partial charge in [0.25, 0.3) is 0 Å². The standard InChI is InChI=1S/C8H17NO6S2/c1-16(11,12)4-5-17(13,14)9-6-8(10)2-3-15-7-8/h9-10H,2-7H2,1H3. The van der Waals surface area contributed by atoms with E-state index in [9.17, 15) is 21.9 Å². The molecule has 0 aromatic heterocycles. The highest BCUT2D eigenvalue weighted by Crippen LogP contribution is 2.17. The molecule has 1 fully saturated rings. The molecule has 1 heterocycles. The number of ether oxygens (including phenoxy) is 1. The van der Waals surface area contributed by atoms with Crippen LogP contribution in [0.1, 0.15) is 6.42 Å². The molecule has 1 unspecified atom stereocenters. The van der Waals surface area contributed by atoms with Crippen LogP contribution in [0, 0.1) is 0 Å². The average Bonchev–Trinajstić information content (AvgIpc) is 2.60. The first-order valence-corrected chi connectivity index (χ1v) is 8.78. The van der Waals surface area contributed by atoms with E-state index in [-0.39, 0.29) is 13.2 Å². The molecule has 9 heteroatoms. The molecule has 2 N–H and O–H groups in total. The van der Waals surface area contributed by atoms with Crippen molar-refractivity contribution in [3.8, 4) is 0 Å². The fourth-order valence-corrected chi connectivity index (χ4v) is 4.04. The van der Waals surface area contributed by atoms with Crippen molar-refractivity contribution in [2.24, 2.45) is 0 Å². The highest BCUT2D eigenvalue weighted by Gasteiger charge is 2.33. The fraction of sp³-hybridized carbons (Fsp3) is 1.00. The van der Waals surface area contributed by atoms with E-state index in [0.717, 1.165) is 6.26 Å². The average molecular weight is 287 g/mol. The summed E-state index contributed by atoms with van der Waals surface area (Å²) >= 11 is 0. The summed E-state index contributed by atoms with van der Waals surface area (Å²) in [4.78, 5) is 0. The Labute approximate surface area is 101 Å². The van der Waals surface area contributed by atoms with Gasteiger partial charge in [0.2, 0.25) is 10.0 Å². The first-order chi connectivity index (χ1) is 7.62. The monoisotopic (exact) mass is 287 g/mol. The van der Waals surface area contributed by atoms with Crippen LogP contribution < -0.4 is 4.72 Å². The summed E-state index contributed by atoms with van der Waals surface area (Å²) in [5, 5.41) is 9.81. The van der Waals surface area contributed by atoms with Crippen LogP contribution in [0.15, 0.2) is 0 Å². The highest BCUT2D eigenvalue weighted by atomic mass is 32.2. The number of sulfonamides is 1. The maximum absolute atomic E-state index is 11.4. The molecule has 17 heavy (non-hydrogen) atoms. The maximum atomic E-state index is 11.4. The van der Waals surface area contributed by atoms with Gasteiger partial charge < -0.3 is 9.84 Å². The molecule has 0 aromatic rings. The van der Waals surface area contributed by atoms with E-state index in [0.29, 0.717) is 13.0 Å². The van der Waals surface area contributed by atoms with E-state index in [2.05, 4.69) is 4.72 Å². The van der Waals surface area contributed by atoms with Crippen molar-refractivity contribution >= 4 is 19.9 Å². The minimum Gasteiger partial charge on any atom is -0.386 e. The first kappa shape index (κ1) is 14.8. The zero-order valence-electron chi connectivity index (χ0n) is 9.55. The predicted molar refractivity (Wildman–Crippen MR) is 61.9 cm³/mol. The summed E-state index contributed by atoms with van der Waals surface area (Å²) < 4.78 is 51.7. The largest absolute Gasteiger partial charge is 0.386 e. The van der Waals surface area contributed by atoms with Crippen LogP contribution in [-0.4, -0.2) is 65.1 Å². The molecule has 1 rings (SSSR count). The lowest BCUT2D eigenvalue weighted by Crippen LogP contribution is -2.44. The van der Waals surface area contributed by atoms with Crippen molar-refractivity contribution in [1.82, 2.24) is 4.72 Å². The molecule has 1 aliphatic heterocycles. The van der Waals surface area contributed by atoms with Gasteiger partial charge >= 0.3 is 0 Å². The second kappa shape index (κ2) is 5.19. The molecule has 0 amide bonds. The highest BCUT2D eigenvalue weighted by molar-refractivity contribution is 7.93. The normalized spacial score (nSPS) is 26.2. The van der Waals surface area contributed by atoms with Crippen LogP contribution >= 0.6 is 0 Å². The van der Waals surface area contributed by atoms with Crippen molar-refractivity contribution in [2.75, 3.05) is 37.5 Å². The van der Waals surface area contributed by atoms with E-state index >= 15 is 0 Å². The quantitative estimate of drug-likeness (QED) is 0.590. The van der Waals surface area contributed by atoms with Crippen molar-refractivity contribution in [3.63, 3.8) is 0 Å². The van der Waals surface area contributed by atoms with Gasteiger partial charge in [-0.15, -0.1) is 0 Å². The van der Waals surface area contributed by atoms with Gasteiger partial charge in [-0.2, -0.15) is 0 Å². The summed E-state index contributed by atoms with van der Waals surface area (Å²) in [5.74, 6) is -0.931. The van der Waals surface area contributed by atoms with Gasteiger partial charge in [-0.05, 0) is 0 Å². The van der Waals surface area contributed by atoms with E-state index < -0.39 is 37.0 Å². The smallest absolute Gasteiger partial charge is 0.212 e. The summed E-state index contributed by atoms with van der Waals surface area (Å²) in [5.41, 5.74) is -1.18. The van der Waals surface area contributed by atoms with E-state index in [1.807, 2.05) is 0 Å². The van der Waals surface area contributed by atoms with Crippen molar-refractivity contribution in [1.29, 1.82) is 0 Å². The Kier molecular flexibility index (Phi) is 4.53. The molecule has 1 saturated heterocycles. The van der Waals surface area contributed by atoms with Crippen LogP contribution in [0.3, 0.4) is 0 Å². The van der Waals surface area contributed by atoms with Crippen LogP contribution in [-0.2, 0) is 24.6 Å². The van der Waals surface area contributed by atoms with Gasteiger partial charge in [0.15, 0.2) is 0 Å². The Morgan fingerprint density at radius 2 is 1.94 bits per heavy atom. The SMILES string of the molecule is CS(=O)(=O)CCS(=O)(=O)NCC1(O)CCOC1. The van der Waals surface area contributed by atoms with Crippen LogP contribution in [0.4, 0.5) is 0 Å². The summed E-state index contributed by atoms with van der Waals surface area (Å²) in [6, 6.07) is 0. The van der Waals surface area contributed by atoms with Gasteiger partial charge in [-0.3, -0.25) is 0 Å². The van der Waals surface area contributed by atoms with Gasteiger partial charge in [-0.1, -0.05) is 0 Å². The zero-order valence-corrected chi connectivity index (χ0v) is 11.2. The molecule has 1 aliphatic rings. The number of hydrogen-bond donors (Lipinski definition) is 2. The Balaban J connectivity index is 2.44. The Bertz CT molecular complexity index is 448. The Hall–Kier alpha value is -0.220. The van der Waals surface area contributed by atoms with Crippen molar-refractivity contribution in [3.05, 3.63) is 0 Å². The third kappa shape index (κ3) is 5.77. The molecule has 0 spiro atoms. The molecule has 1 atom stereocenters. The molecular formula is C8H17NO6S2. The summed E-state index contributed by atoms with van der Waals surface area (Å²) in [6.45, 7) is 0.322. The number of rotatable bonds is 6. The second-order valence-corrected chi connectivity index (χ2v) is 8.48. The van der Waals surface area contributed by atoms with Gasteiger partial charge in [0.1, 0.15) is 15.4 Å². The third-order valence-electron chi connectivity index (χ3n) is 2.43. The van der Waals surface area contributed by atoms with Crippen LogP contribution in [0.2, 0.25) is 0 Å². The number of hydrogen-bond acceptors (Lipinski definition) is 6. The lowest BCUT2D eigenvalue weighted by molar-refractivity contribution is 0.0315. The minimum absolute atomic E-state index is 0.0849. The lowest BCUT2D eigenvalue weighted by Gasteiger charge is -2.20. The fourth-order valence-electron chi connectivity index (χ4n) is 1.31. The Morgan fingerprint density at radius 1 is 1.29 bits per heavy atom. The summed E-state index contributed by atoms with van der Waals surface area (Å²) in [6.07, 6.45) is 1.34. The van der Waals surface area contributed by atoms with E-state index in [1.54, 1.807) is 0 Å². The molecule has 7 nitrogen and oxygen atoms in total. The minimum atomic E-state index is -3.69.